The lowest BCUT2D eigenvalue weighted by molar-refractivity contribution is 0.0593. The van der Waals surface area contributed by atoms with Gasteiger partial charge in [0.1, 0.15) is 18.3 Å². The van der Waals surface area contributed by atoms with Gasteiger partial charge in [-0.3, -0.25) is 4.57 Å². The summed E-state index contributed by atoms with van der Waals surface area (Å²) in [5.41, 5.74) is 2.27. The number of ether oxygens (including phenoxy) is 1. The van der Waals surface area contributed by atoms with Gasteiger partial charge >= 0.3 is 0 Å². The molecule has 0 radical (unpaired) electrons. The maximum atomic E-state index is 9.84. The molecule has 1 unspecified atom stereocenters. The Morgan fingerprint density at radius 2 is 2.17 bits per heavy atom. The molecule has 2 N–H and O–H groups in total. The number of fused-ring (bicyclic) bond motifs is 1. The first-order valence-electron chi connectivity index (χ1n) is 7.63. The Labute approximate surface area is 133 Å². The summed E-state index contributed by atoms with van der Waals surface area (Å²) in [5.74, 6) is 0.908. The predicted octanol–water partition coefficient (Wildman–Crippen LogP) is 2.45. The van der Waals surface area contributed by atoms with Crippen LogP contribution in [0.5, 0.6) is 5.75 Å². The summed E-state index contributed by atoms with van der Waals surface area (Å²) in [6.45, 7) is 1.24. The monoisotopic (exact) mass is 311 g/mol. The van der Waals surface area contributed by atoms with Gasteiger partial charge in [0.05, 0.1) is 6.33 Å². The van der Waals surface area contributed by atoms with Crippen LogP contribution in [0.1, 0.15) is 24.6 Å². The molecule has 7 nitrogen and oxygen atoms in total. The summed E-state index contributed by atoms with van der Waals surface area (Å²) < 4.78 is 7.65. The van der Waals surface area contributed by atoms with Gasteiger partial charge in [0, 0.05) is 18.7 Å². The van der Waals surface area contributed by atoms with Crippen LogP contribution in [0.25, 0.3) is 11.2 Å². The van der Waals surface area contributed by atoms with E-state index in [1.807, 2.05) is 16.7 Å². The molecule has 1 fully saturated rings. The van der Waals surface area contributed by atoms with Gasteiger partial charge in [-0.25, -0.2) is 15.0 Å². The van der Waals surface area contributed by atoms with Gasteiger partial charge in [0.25, 0.3) is 0 Å². The molecule has 118 valence electrons. The van der Waals surface area contributed by atoms with Crippen LogP contribution in [-0.2, 0) is 11.3 Å². The number of anilines is 1. The molecule has 1 aliphatic rings. The highest BCUT2D eigenvalue weighted by molar-refractivity contribution is 5.82. The van der Waals surface area contributed by atoms with Crippen molar-refractivity contribution in [2.45, 2.75) is 25.6 Å². The van der Waals surface area contributed by atoms with E-state index in [4.69, 9.17) is 4.74 Å². The molecule has 3 aromatic rings. The zero-order valence-electron chi connectivity index (χ0n) is 12.5. The minimum Gasteiger partial charge on any atom is -0.508 e. The number of imidazole rings is 1. The van der Waals surface area contributed by atoms with Crippen molar-refractivity contribution < 1.29 is 9.84 Å². The zero-order chi connectivity index (χ0) is 15.6. The van der Waals surface area contributed by atoms with Crippen molar-refractivity contribution in [1.29, 1.82) is 0 Å². The molecule has 2 aromatic heterocycles. The van der Waals surface area contributed by atoms with Crippen molar-refractivity contribution in [3.05, 3.63) is 42.5 Å². The average molecular weight is 311 g/mol. The number of hydrogen-bond acceptors (Lipinski definition) is 6. The topological polar surface area (TPSA) is 85.1 Å². The molecule has 1 atom stereocenters. The molecule has 0 amide bonds. The number of nitrogens with zero attached hydrogens (tertiary/aromatic N) is 4. The summed E-state index contributed by atoms with van der Waals surface area (Å²) in [6, 6.07) is 7.22. The number of para-hydroxylation sites is 1. The second-order valence-corrected chi connectivity index (χ2v) is 5.50. The number of phenolic OH excluding ortho intramolecular Hbond substituents is 1. The van der Waals surface area contributed by atoms with Crippen LogP contribution in [0, 0.1) is 0 Å². The summed E-state index contributed by atoms with van der Waals surface area (Å²) in [5, 5.41) is 13.1. The third-order valence-electron chi connectivity index (χ3n) is 4.01. The Bertz CT molecular complexity index is 826. The molecule has 3 heterocycles. The number of aromatic hydroxyl groups is 1. The third kappa shape index (κ3) is 2.59. The van der Waals surface area contributed by atoms with E-state index >= 15 is 0 Å². The van der Waals surface area contributed by atoms with Crippen LogP contribution in [0.4, 0.5) is 5.82 Å². The van der Waals surface area contributed by atoms with Crippen LogP contribution < -0.4 is 5.32 Å². The molecule has 7 heteroatoms. The lowest BCUT2D eigenvalue weighted by atomic mass is 10.2. The van der Waals surface area contributed by atoms with Gasteiger partial charge < -0.3 is 15.2 Å². The molecule has 0 saturated carbocycles. The highest BCUT2D eigenvalue weighted by Crippen LogP contribution is 2.28. The van der Waals surface area contributed by atoms with Crippen molar-refractivity contribution in [3.63, 3.8) is 0 Å². The van der Waals surface area contributed by atoms with Gasteiger partial charge in [-0.05, 0) is 18.9 Å². The molecule has 0 spiro atoms. The van der Waals surface area contributed by atoms with Crippen molar-refractivity contribution in [3.8, 4) is 5.75 Å². The first-order chi connectivity index (χ1) is 11.3. The zero-order valence-corrected chi connectivity index (χ0v) is 12.5. The van der Waals surface area contributed by atoms with E-state index in [2.05, 4.69) is 20.3 Å². The Kier molecular flexibility index (Phi) is 3.55. The number of rotatable bonds is 4. The van der Waals surface area contributed by atoms with Crippen molar-refractivity contribution in [2.24, 2.45) is 0 Å². The molecule has 1 aromatic carbocycles. The molecule has 0 aliphatic carbocycles. The van der Waals surface area contributed by atoms with E-state index in [0.717, 1.165) is 30.7 Å². The van der Waals surface area contributed by atoms with Crippen molar-refractivity contribution >= 4 is 17.0 Å². The largest absolute Gasteiger partial charge is 0.508 e. The molecule has 1 saturated heterocycles. The molecule has 23 heavy (non-hydrogen) atoms. The number of phenols is 1. The van der Waals surface area contributed by atoms with Crippen molar-refractivity contribution in [2.75, 3.05) is 11.9 Å². The molecule has 0 bridgehead atoms. The third-order valence-corrected chi connectivity index (χ3v) is 4.01. The van der Waals surface area contributed by atoms with Crippen LogP contribution in [0.2, 0.25) is 0 Å². The van der Waals surface area contributed by atoms with E-state index in [0.29, 0.717) is 17.9 Å². The minimum absolute atomic E-state index is 0.000850. The van der Waals surface area contributed by atoms with Gasteiger partial charge in [-0.2, -0.15) is 0 Å². The number of benzene rings is 1. The van der Waals surface area contributed by atoms with E-state index in [-0.39, 0.29) is 12.0 Å². The Morgan fingerprint density at radius 3 is 3.00 bits per heavy atom. The first-order valence-corrected chi connectivity index (χ1v) is 7.63. The normalized spacial score (nSPS) is 17.7. The molecule has 4 rings (SSSR count). The van der Waals surface area contributed by atoms with E-state index in [1.54, 1.807) is 18.5 Å². The van der Waals surface area contributed by atoms with Crippen LogP contribution in [0.15, 0.2) is 36.9 Å². The highest BCUT2D eigenvalue weighted by atomic mass is 16.5. The van der Waals surface area contributed by atoms with Crippen LogP contribution >= 0.6 is 0 Å². The van der Waals surface area contributed by atoms with Gasteiger partial charge in [-0.1, -0.05) is 18.2 Å². The molecular weight excluding hydrogens is 294 g/mol. The Balaban J connectivity index is 1.62. The predicted molar refractivity (Wildman–Crippen MR) is 85.0 cm³/mol. The van der Waals surface area contributed by atoms with E-state index in [9.17, 15) is 5.11 Å². The lowest BCUT2D eigenvalue weighted by Gasteiger charge is -2.11. The number of nitrogens with one attached hydrogen (secondary N) is 1. The first kappa shape index (κ1) is 14.0. The second kappa shape index (κ2) is 5.85. The number of aromatic nitrogens is 4. The summed E-state index contributed by atoms with van der Waals surface area (Å²) in [4.78, 5) is 13.0. The van der Waals surface area contributed by atoms with E-state index < -0.39 is 0 Å². The Hall–Kier alpha value is -2.67. The highest BCUT2D eigenvalue weighted by Gasteiger charge is 2.21. The van der Waals surface area contributed by atoms with Crippen molar-refractivity contribution in [1.82, 2.24) is 19.5 Å². The average Bonchev–Trinajstić information content (AvgIpc) is 3.23. The van der Waals surface area contributed by atoms with Crippen LogP contribution in [0.3, 0.4) is 0 Å². The fourth-order valence-electron chi connectivity index (χ4n) is 2.81. The quantitative estimate of drug-likeness (QED) is 0.770. The number of hydrogen-bond donors (Lipinski definition) is 2. The molecule has 1 aliphatic heterocycles. The lowest BCUT2D eigenvalue weighted by Crippen LogP contribution is -2.07. The van der Waals surface area contributed by atoms with Crippen LogP contribution in [-0.4, -0.2) is 31.2 Å². The standard InChI is InChI=1S/C16H17N5O2/c22-12-5-2-1-4-11(12)8-17-15-14-16(19-9-18-15)21(10-20-14)13-6-3-7-23-13/h1-2,4-5,9-10,13,22H,3,6-8H2,(H,17,18,19). The summed E-state index contributed by atoms with van der Waals surface area (Å²) >= 11 is 0. The van der Waals surface area contributed by atoms with E-state index in [1.165, 1.54) is 6.33 Å². The SMILES string of the molecule is Oc1ccccc1CNc1ncnc2c1ncn2C1CCCO1. The summed E-state index contributed by atoms with van der Waals surface area (Å²) in [6.07, 6.45) is 5.29. The minimum atomic E-state index is 0.000850. The van der Waals surface area contributed by atoms with Gasteiger partial charge in [0.2, 0.25) is 0 Å². The Morgan fingerprint density at radius 1 is 1.26 bits per heavy atom. The fraction of sp³-hybridized carbons (Fsp3) is 0.312. The molecular formula is C16H17N5O2. The van der Waals surface area contributed by atoms with Gasteiger partial charge in [0.15, 0.2) is 17.0 Å². The maximum Gasteiger partial charge on any atom is 0.167 e. The fourth-order valence-corrected chi connectivity index (χ4v) is 2.81. The summed E-state index contributed by atoms with van der Waals surface area (Å²) in [7, 11) is 0. The maximum absolute atomic E-state index is 9.84. The smallest absolute Gasteiger partial charge is 0.167 e. The second-order valence-electron chi connectivity index (χ2n) is 5.50. The van der Waals surface area contributed by atoms with Gasteiger partial charge in [-0.15, -0.1) is 0 Å².